The van der Waals surface area contributed by atoms with E-state index >= 15 is 0 Å². The molecule has 0 aliphatic rings. The molecule has 0 spiro atoms. The van der Waals surface area contributed by atoms with Gasteiger partial charge in [0.25, 0.3) is 0 Å². The van der Waals surface area contributed by atoms with Crippen LogP contribution in [0.15, 0.2) is 23.1 Å². The van der Waals surface area contributed by atoms with E-state index in [0.717, 1.165) is 0 Å². The number of hydrogen-bond acceptors (Lipinski definition) is 2. The lowest BCUT2D eigenvalue weighted by molar-refractivity contribution is 1.37. The molecule has 0 aromatic heterocycles. The second kappa shape index (κ2) is 4.97. The van der Waals surface area contributed by atoms with E-state index in [1.165, 1.54) is 11.8 Å². The summed E-state index contributed by atoms with van der Waals surface area (Å²) in [6, 6.07) is 7.16. The Morgan fingerprint density at radius 3 is 2.62 bits per heavy atom. The lowest BCUT2D eigenvalue weighted by Gasteiger charge is -2.04. The van der Waals surface area contributed by atoms with Gasteiger partial charge in [0.2, 0.25) is 0 Å². The summed E-state index contributed by atoms with van der Waals surface area (Å²) in [6.07, 6.45) is 0. The predicted octanol–water partition coefficient (Wildman–Crippen LogP) is 4.06. The molecule has 0 aliphatic carbocycles. The number of alkyl halides is 2. The average molecular weight is 253 g/mol. The van der Waals surface area contributed by atoms with E-state index in [9.17, 15) is 0 Å². The summed E-state index contributed by atoms with van der Waals surface area (Å²) in [5.41, 5.74) is 0.417. The monoisotopic (exact) mass is 251 g/mol. The molecule has 5 heteroatoms. The smallest absolute Gasteiger partial charge is 0.157 e. The summed E-state index contributed by atoms with van der Waals surface area (Å²) in [6.45, 7) is 0. The fourth-order valence-electron chi connectivity index (χ4n) is 0.807. The number of thioether (sulfide) groups is 1. The van der Waals surface area contributed by atoms with E-state index in [-0.39, 0.29) is 0 Å². The Hall–Kier alpha value is -0.0700. The van der Waals surface area contributed by atoms with Crippen molar-refractivity contribution in [1.82, 2.24) is 0 Å². The third kappa shape index (κ3) is 2.96. The van der Waals surface area contributed by atoms with E-state index in [4.69, 9.17) is 40.1 Å². The van der Waals surface area contributed by atoms with E-state index in [0.29, 0.717) is 15.5 Å². The van der Waals surface area contributed by atoms with Crippen molar-refractivity contribution in [2.75, 3.05) is 0 Å². The summed E-state index contributed by atoms with van der Waals surface area (Å²) >= 11 is 18.1. The van der Waals surface area contributed by atoms with Crippen molar-refractivity contribution in [3.8, 4) is 6.07 Å². The van der Waals surface area contributed by atoms with Gasteiger partial charge in [0.1, 0.15) is 6.07 Å². The molecule has 1 nitrogen and oxygen atoms in total. The lowest BCUT2D eigenvalue weighted by atomic mass is 10.2. The van der Waals surface area contributed by atoms with Crippen molar-refractivity contribution in [3.05, 3.63) is 28.8 Å². The predicted molar refractivity (Wildman–Crippen MR) is 57.5 cm³/mol. The fourth-order valence-corrected chi connectivity index (χ4v) is 2.28. The summed E-state index contributed by atoms with van der Waals surface area (Å²) in [7, 11) is 0. The zero-order valence-corrected chi connectivity index (χ0v) is 9.38. The fraction of sp³-hybridized carbons (Fsp3) is 0.125. The molecule has 0 heterocycles. The molecule has 0 amide bonds. The summed E-state index contributed by atoms with van der Waals surface area (Å²) < 4.78 is -0.592. The van der Waals surface area contributed by atoms with E-state index < -0.39 is 4.17 Å². The number of rotatable bonds is 2. The topological polar surface area (TPSA) is 23.8 Å². The zero-order chi connectivity index (χ0) is 9.84. The maximum Gasteiger partial charge on any atom is 0.157 e. The Bertz CT molecular complexity index is 346. The number of halogens is 3. The molecular formula is C8H4Cl3NS. The molecular weight excluding hydrogens is 249 g/mol. The van der Waals surface area contributed by atoms with Crippen LogP contribution in [0.3, 0.4) is 0 Å². The molecule has 0 unspecified atom stereocenters. The van der Waals surface area contributed by atoms with Crippen molar-refractivity contribution in [1.29, 1.82) is 5.26 Å². The first-order chi connectivity index (χ1) is 6.15. The largest absolute Gasteiger partial charge is 0.192 e. The second-order valence-corrected chi connectivity index (χ2v) is 5.27. The molecule has 0 aliphatic heterocycles. The Balaban J connectivity index is 3.07. The SMILES string of the molecule is N#Cc1c(Cl)cccc1SC(Cl)Cl. The molecule has 13 heavy (non-hydrogen) atoms. The summed E-state index contributed by atoms with van der Waals surface area (Å²) in [5, 5.41) is 9.20. The van der Waals surface area contributed by atoms with Crippen LogP contribution in [-0.2, 0) is 0 Å². The van der Waals surface area contributed by atoms with Crippen molar-refractivity contribution >= 4 is 46.6 Å². The first-order valence-electron chi connectivity index (χ1n) is 3.28. The number of hydrogen-bond donors (Lipinski definition) is 0. The number of benzene rings is 1. The number of nitrogens with zero attached hydrogens (tertiary/aromatic N) is 1. The van der Waals surface area contributed by atoms with Gasteiger partial charge < -0.3 is 0 Å². The van der Waals surface area contributed by atoms with Gasteiger partial charge in [0.15, 0.2) is 4.17 Å². The second-order valence-electron chi connectivity index (χ2n) is 2.10. The maximum atomic E-state index is 8.78. The average Bonchev–Trinajstić information content (AvgIpc) is 2.03. The van der Waals surface area contributed by atoms with Gasteiger partial charge in [-0.2, -0.15) is 5.26 Å². The molecule has 0 saturated heterocycles. The van der Waals surface area contributed by atoms with Crippen LogP contribution < -0.4 is 0 Å². The molecule has 0 radical (unpaired) electrons. The highest BCUT2D eigenvalue weighted by atomic mass is 35.5. The van der Waals surface area contributed by atoms with Crippen molar-refractivity contribution < 1.29 is 0 Å². The van der Waals surface area contributed by atoms with Crippen LogP contribution in [0.1, 0.15) is 5.56 Å². The minimum Gasteiger partial charge on any atom is -0.192 e. The standard InChI is InChI=1S/C8H4Cl3NS/c9-6-2-1-3-7(5(6)4-12)13-8(10)11/h1-3,8H. The summed E-state index contributed by atoms with van der Waals surface area (Å²) in [5.74, 6) is 0. The molecule has 68 valence electrons. The number of nitriles is 1. The van der Waals surface area contributed by atoms with Crippen LogP contribution in [0.25, 0.3) is 0 Å². The van der Waals surface area contributed by atoms with E-state index in [1.54, 1.807) is 18.2 Å². The van der Waals surface area contributed by atoms with E-state index in [2.05, 4.69) is 0 Å². The van der Waals surface area contributed by atoms with Gasteiger partial charge >= 0.3 is 0 Å². The molecule has 1 rings (SSSR count). The van der Waals surface area contributed by atoms with Crippen LogP contribution in [0.2, 0.25) is 5.02 Å². The first-order valence-corrected chi connectivity index (χ1v) is 5.41. The Kier molecular flexibility index (Phi) is 4.21. The van der Waals surface area contributed by atoms with Crippen LogP contribution in [0.4, 0.5) is 0 Å². The normalized spacial score (nSPS) is 10.1. The third-order valence-electron chi connectivity index (χ3n) is 1.30. The highest BCUT2D eigenvalue weighted by molar-refractivity contribution is 8.02. The Morgan fingerprint density at radius 2 is 2.08 bits per heavy atom. The van der Waals surface area contributed by atoms with Gasteiger partial charge in [0.05, 0.1) is 10.6 Å². The molecule has 0 atom stereocenters. The maximum absolute atomic E-state index is 8.78. The lowest BCUT2D eigenvalue weighted by Crippen LogP contribution is -1.85. The molecule has 1 aromatic rings. The minimum atomic E-state index is -0.592. The van der Waals surface area contributed by atoms with Crippen molar-refractivity contribution in [2.24, 2.45) is 0 Å². The minimum absolute atomic E-state index is 0.417. The van der Waals surface area contributed by atoms with E-state index in [1.807, 2.05) is 6.07 Å². The Labute approximate surface area is 95.6 Å². The highest BCUT2D eigenvalue weighted by Gasteiger charge is 2.09. The highest BCUT2D eigenvalue weighted by Crippen LogP contribution is 2.33. The third-order valence-corrected chi connectivity index (χ3v) is 2.93. The van der Waals surface area contributed by atoms with Gasteiger partial charge in [-0.25, -0.2) is 0 Å². The molecule has 0 fully saturated rings. The van der Waals surface area contributed by atoms with Gasteiger partial charge in [0, 0.05) is 4.90 Å². The molecule has 1 aromatic carbocycles. The van der Waals surface area contributed by atoms with Crippen LogP contribution in [0.5, 0.6) is 0 Å². The van der Waals surface area contributed by atoms with Gasteiger partial charge in [-0.05, 0) is 12.1 Å². The summed E-state index contributed by atoms with van der Waals surface area (Å²) in [4.78, 5) is 0.699. The molecule has 0 bridgehead atoms. The van der Waals surface area contributed by atoms with Gasteiger partial charge in [-0.15, -0.1) is 0 Å². The van der Waals surface area contributed by atoms with Crippen LogP contribution in [-0.4, -0.2) is 4.17 Å². The van der Waals surface area contributed by atoms with Crippen molar-refractivity contribution in [2.45, 2.75) is 9.06 Å². The Morgan fingerprint density at radius 1 is 1.38 bits per heavy atom. The molecule has 0 saturated carbocycles. The quantitative estimate of drug-likeness (QED) is 0.585. The zero-order valence-electron chi connectivity index (χ0n) is 6.30. The van der Waals surface area contributed by atoms with Gasteiger partial charge in [-0.3, -0.25) is 0 Å². The molecule has 0 N–H and O–H groups in total. The van der Waals surface area contributed by atoms with Gasteiger partial charge in [-0.1, -0.05) is 52.6 Å². The van der Waals surface area contributed by atoms with Crippen LogP contribution >= 0.6 is 46.6 Å². The van der Waals surface area contributed by atoms with Crippen molar-refractivity contribution in [3.63, 3.8) is 0 Å². The first kappa shape index (κ1) is 11.0. The van der Waals surface area contributed by atoms with Crippen LogP contribution in [0, 0.1) is 11.3 Å².